The zero-order chi connectivity index (χ0) is 21.6. The van der Waals surface area contributed by atoms with Gasteiger partial charge in [-0.3, -0.25) is 9.59 Å². The lowest BCUT2D eigenvalue weighted by Crippen LogP contribution is -2.22. The minimum absolute atomic E-state index is 0.205. The van der Waals surface area contributed by atoms with Gasteiger partial charge in [-0.15, -0.1) is 0 Å². The van der Waals surface area contributed by atoms with E-state index >= 15 is 0 Å². The number of carbonyl (C=O) groups excluding carboxylic acids is 2. The molecule has 0 aliphatic rings. The molecule has 7 nitrogen and oxygen atoms in total. The number of sulfone groups is 1. The topological polar surface area (TPSA) is 92.8 Å². The zero-order valence-electron chi connectivity index (χ0n) is 16.4. The summed E-state index contributed by atoms with van der Waals surface area (Å²) in [7, 11) is 0.0311. The molecule has 0 spiro atoms. The van der Waals surface area contributed by atoms with E-state index in [4.69, 9.17) is 16.3 Å². The Balaban J connectivity index is 1.80. The van der Waals surface area contributed by atoms with E-state index in [0.29, 0.717) is 30.0 Å². The van der Waals surface area contributed by atoms with E-state index in [9.17, 15) is 18.0 Å². The fraction of sp³-hybridized carbons (Fsp3) is 0.300. The van der Waals surface area contributed by atoms with Gasteiger partial charge in [0, 0.05) is 32.5 Å². The second-order valence-electron chi connectivity index (χ2n) is 6.64. The van der Waals surface area contributed by atoms with Gasteiger partial charge in [-0.2, -0.15) is 0 Å². The second kappa shape index (κ2) is 9.76. The summed E-state index contributed by atoms with van der Waals surface area (Å²) in [6.07, 6.45) is 1.85. The SMILES string of the molecule is CN(C)C(=O)c1ccc(NC(=O)CCCOc2ccc(S(C)(=O)=O)cc2)cc1Cl. The molecule has 29 heavy (non-hydrogen) atoms. The predicted octanol–water partition coefficient (Wildman–Crippen LogP) is 3.24. The first-order valence-electron chi connectivity index (χ1n) is 8.82. The van der Waals surface area contributed by atoms with Gasteiger partial charge in [0.25, 0.3) is 5.91 Å². The average Bonchev–Trinajstić information content (AvgIpc) is 2.64. The summed E-state index contributed by atoms with van der Waals surface area (Å²) in [6.45, 7) is 0.308. The highest BCUT2D eigenvalue weighted by Crippen LogP contribution is 2.22. The number of hydrogen-bond donors (Lipinski definition) is 1. The van der Waals surface area contributed by atoms with Crippen molar-refractivity contribution in [2.24, 2.45) is 0 Å². The minimum atomic E-state index is -3.24. The maximum absolute atomic E-state index is 12.1. The zero-order valence-corrected chi connectivity index (χ0v) is 18.0. The predicted molar refractivity (Wildman–Crippen MR) is 112 cm³/mol. The molecule has 2 aromatic rings. The Morgan fingerprint density at radius 3 is 2.31 bits per heavy atom. The van der Waals surface area contributed by atoms with Crippen LogP contribution in [0, 0.1) is 0 Å². The summed E-state index contributed by atoms with van der Waals surface area (Å²) in [5.74, 6) is 0.115. The van der Waals surface area contributed by atoms with Crippen molar-refractivity contribution in [2.75, 3.05) is 32.3 Å². The molecule has 2 amide bonds. The molecule has 156 valence electrons. The molecule has 0 atom stereocenters. The maximum Gasteiger partial charge on any atom is 0.254 e. The Morgan fingerprint density at radius 1 is 1.10 bits per heavy atom. The van der Waals surface area contributed by atoms with Crippen molar-refractivity contribution >= 4 is 38.9 Å². The van der Waals surface area contributed by atoms with Crippen LogP contribution in [-0.2, 0) is 14.6 Å². The number of anilines is 1. The summed E-state index contributed by atoms with van der Waals surface area (Å²) >= 11 is 6.13. The van der Waals surface area contributed by atoms with Crippen LogP contribution in [0.15, 0.2) is 47.4 Å². The van der Waals surface area contributed by atoms with Gasteiger partial charge in [-0.1, -0.05) is 11.6 Å². The second-order valence-corrected chi connectivity index (χ2v) is 9.06. The van der Waals surface area contributed by atoms with Crippen LogP contribution >= 0.6 is 11.6 Å². The van der Waals surface area contributed by atoms with Crippen LogP contribution in [-0.4, -0.2) is 52.1 Å². The smallest absolute Gasteiger partial charge is 0.254 e. The Bertz CT molecular complexity index is 988. The van der Waals surface area contributed by atoms with Crippen molar-refractivity contribution in [1.82, 2.24) is 4.90 Å². The first-order chi connectivity index (χ1) is 13.6. The number of amides is 2. The quantitative estimate of drug-likeness (QED) is 0.638. The van der Waals surface area contributed by atoms with Gasteiger partial charge in [0.05, 0.1) is 22.1 Å². The molecule has 0 saturated carbocycles. The summed E-state index contributed by atoms with van der Waals surface area (Å²) < 4.78 is 28.4. The Hall–Kier alpha value is -2.58. The van der Waals surface area contributed by atoms with Crippen molar-refractivity contribution in [2.45, 2.75) is 17.7 Å². The lowest BCUT2D eigenvalue weighted by atomic mass is 10.1. The average molecular weight is 439 g/mol. The molecule has 2 aromatic carbocycles. The molecule has 0 aliphatic carbocycles. The molecule has 0 heterocycles. The minimum Gasteiger partial charge on any atom is -0.494 e. The fourth-order valence-corrected chi connectivity index (χ4v) is 3.33. The molecule has 0 bridgehead atoms. The van der Waals surface area contributed by atoms with Crippen LogP contribution in [0.4, 0.5) is 5.69 Å². The van der Waals surface area contributed by atoms with Crippen molar-refractivity contribution in [3.05, 3.63) is 53.1 Å². The number of rotatable bonds is 8. The van der Waals surface area contributed by atoms with E-state index in [2.05, 4.69) is 5.32 Å². The van der Waals surface area contributed by atoms with Gasteiger partial charge in [0.15, 0.2) is 9.84 Å². The number of halogens is 1. The van der Waals surface area contributed by atoms with Gasteiger partial charge in [-0.05, 0) is 48.9 Å². The number of carbonyl (C=O) groups is 2. The molecule has 1 N–H and O–H groups in total. The lowest BCUT2D eigenvalue weighted by Gasteiger charge is -2.13. The summed E-state index contributed by atoms with van der Waals surface area (Å²) in [5, 5.41) is 3.00. The molecule has 0 saturated heterocycles. The van der Waals surface area contributed by atoms with E-state index < -0.39 is 9.84 Å². The Kier molecular flexibility index (Phi) is 7.64. The van der Waals surface area contributed by atoms with E-state index in [1.54, 1.807) is 38.4 Å². The first kappa shape index (κ1) is 22.7. The highest BCUT2D eigenvalue weighted by Gasteiger charge is 2.13. The number of ether oxygens (including phenoxy) is 1. The third kappa shape index (κ3) is 6.76. The number of nitrogens with zero attached hydrogens (tertiary/aromatic N) is 1. The molecule has 9 heteroatoms. The standard InChI is InChI=1S/C20H23ClN2O5S/c1-23(2)20(25)17-11-6-14(13-18(17)21)22-19(24)5-4-12-28-15-7-9-16(10-8-15)29(3,26)27/h6-11,13H,4-5,12H2,1-3H3,(H,22,24). The van der Waals surface area contributed by atoms with Gasteiger partial charge >= 0.3 is 0 Å². The van der Waals surface area contributed by atoms with Gasteiger partial charge in [0.1, 0.15) is 5.75 Å². The van der Waals surface area contributed by atoms with Crippen LogP contribution < -0.4 is 10.1 Å². The lowest BCUT2D eigenvalue weighted by molar-refractivity contribution is -0.116. The van der Waals surface area contributed by atoms with E-state index in [0.717, 1.165) is 6.26 Å². The Labute approximate surface area is 175 Å². The molecular formula is C20H23ClN2O5S. The normalized spacial score (nSPS) is 11.0. The molecule has 0 aromatic heterocycles. The Morgan fingerprint density at radius 2 is 1.76 bits per heavy atom. The summed E-state index contributed by atoms with van der Waals surface area (Å²) in [4.78, 5) is 25.7. The third-order valence-corrected chi connectivity index (χ3v) is 5.40. The van der Waals surface area contributed by atoms with Gasteiger partial charge in [-0.25, -0.2) is 8.42 Å². The van der Waals surface area contributed by atoms with Crippen molar-refractivity contribution in [3.63, 3.8) is 0 Å². The molecule has 0 radical (unpaired) electrons. The fourth-order valence-electron chi connectivity index (χ4n) is 2.44. The molecule has 0 aliphatic heterocycles. The van der Waals surface area contributed by atoms with Crippen LogP contribution in [0.25, 0.3) is 0 Å². The van der Waals surface area contributed by atoms with Crippen molar-refractivity contribution in [1.29, 1.82) is 0 Å². The van der Waals surface area contributed by atoms with Crippen molar-refractivity contribution in [3.8, 4) is 5.75 Å². The van der Waals surface area contributed by atoms with E-state index in [1.165, 1.54) is 23.1 Å². The highest BCUT2D eigenvalue weighted by atomic mass is 35.5. The van der Waals surface area contributed by atoms with Crippen LogP contribution in [0.1, 0.15) is 23.2 Å². The van der Waals surface area contributed by atoms with Crippen LogP contribution in [0.3, 0.4) is 0 Å². The van der Waals surface area contributed by atoms with E-state index in [-0.39, 0.29) is 28.2 Å². The summed E-state index contributed by atoms with van der Waals surface area (Å²) in [6, 6.07) is 10.8. The molecule has 0 unspecified atom stereocenters. The monoisotopic (exact) mass is 438 g/mol. The molecule has 2 rings (SSSR count). The number of hydrogen-bond acceptors (Lipinski definition) is 5. The maximum atomic E-state index is 12.1. The van der Waals surface area contributed by atoms with E-state index in [1.807, 2.05) is 0 Å². The van der Waals surface area contributed by atoms with Gasteiger partial charge in [0.2, 0.25) is 5.91 Å². The first-order valence-corrected chi connectivity index (χ1v) is 11.1. The molecular weight excluding hydrogens is 416 g/mol. The van der Waals surface area contributed by atoms with Crippen molar-refractivity contribution < 1.29 is 22.7 Å². The molecule has 0 fully saturated rings. The van der Waals surface area contributed by atoms with Crippen LogP contribution in [0.2, 0.25) is 5.02 Å². The number of benzene rings is 2. The largest absolute Gasteiger partial charge is 0.494 e. The summed E-state index contributed by atoms with van der Waals surface area (Å²) in [5.41, 5.74) is 0.873. The highest BCUT2D eigenvalue weighted by molar-refractivity contribution is 7.90. The van der Waals surface area contributed by atoms with Gasteiger partial charge < -0.3 is 15.0 Å². The third-order valence-electron chi connectivity index (χ3n) is 3.96. The van der Waals surface area contributed by atoms with Crippen LogP contribution in [0.5, 0.6) is 5.75 Å². The number of nitrogens with one attached hydrogen (secondary N) is 1.